The van der Waals surface area contributed by atoms with Crippen molar-refractivity contribution in [1.82, 2.24) is 15.3 Å². The van der Waals surface area contributed by atoms with Crippen molar-refractivity contribution in [1.29, 1.82) is 0 Å². The molecule has 38 heavy (non-hydrogen) atoms. The van der Waals surface area contributed by atoms with Crippen LogP contribution in [0.4, 0.5) is 11.5 Å². The van der Waals surface area contributed by atoms with Gasteiger partial charge in [0.05, 0.1) is 16.1 Å². The predicted molar refractivity (Wildman–Crippen MR) is 155 cm³/mol. The first-order valence-electron chi connectivity index (χ1n) is 12.5. The molecule has 2 amide bonds. The molecule has 0 aliphatic carbocycles. The molecule has 0 radical (unpaired) electrons. The van der Waals surface area contributed by atoms with E-state index in [9.17, 15) is 9.59 Å². The Hall–Kier alpha value is -3.97. The molecule has 1 heterocycles. The Labute approximate surface area is 228 Å². The third-order valence-electron chi connectivity index (χ3n) is 6.03. The lowest BCUT2D eigenvalue weighted by molar-refractivity contribution is -0.122. The van der Waals surface area contributed by atoms with E-state index in [1.165, 1.54) is 0 Å². The van der Waals surface area contributed by atoms with E-state index in [1.54, 1.807) is 18.2 Å². The molecule has 196 valence electrons. The summed E-state index contributed by atoms with van der Waals surface area (Å²) >= 11 is 6.37. The van der Waals surface area contributed by atoms with Gasteiger partial charge in [-0.05, 0) is 53.8 Å². The van der Waals surface area contributed by atoms with E-state index < -0.39 is 0 Å². The Balaban J connectivity index is 1.57. The van der Waals surface area contributed by atoms with Crippen molar-refractivity contribution in [2.75, 3.05) is 17.7 Å². The maximum Gasteiger partial charge on any atom is 0.257 e. The van der Waals surface area contributed by atoms with E-state index in [4.69, 9.17) is 21.6 Å². The SMILES string of the molecule is CNc1nc(-c2ccccc2C)nc2cc(NC(=O)c3cc(CNC(=O)CC(C)(C)C)ccc3Cl)ccc12. The third-order valence-corrected chi connectivity index (χ3v) is 6.36. The number of carbonyl (C=O) groups is 2. The van der Waals surface area contributed by atoms with Crippen molar-refractivity contribution in [3.05, 3.63) is 82.4 Å². The molecule has 7 nitrogen and oxygen atoms in total. The zero-order valence-corrected chi connectivity index (χ0v) is 23.0. The lowest BCUT2D eigenvalue weighted by Crippen LogP contribution is -2.27. The van der Waals surface area contributed by atoms with Crippen LogP contribution in [0.3, 0.4) is 0 Å². The summed E-state index contributed by atoms with van der Waals surface area (Å²) in [5.74, 6) is 0.921. The van der Waals surface area contributed by atoms with E-state index in [0.717, 1.165) is 22.1 Å². The molecule has 0 fully saturated rings. The fourth-order valence-corrected chi connectivity index (χ4v) is 4.35. The molecule has 0 unspecified atom stereocenters. The number of amides is 2. The van der Waals surface area contributed by atoms with Crippen LogP contribution < -0.4 is 16.0 Å². The van der Waals surface area contributed by atoms with Gasteiger partial charge in [-0.25, -0.2) is 9.97 Å². The number of aromatic nitrogens is 2. The largest absolute Gasteiger partial charge is 0.373 e. The van der Waals surface area contributed by atoms with Gasteiger partial charge in [0.25, 0.3) is 5.91 Å². The minimum absolute atomic E-state index is 0.0393. The highest BCUT2D eigenvalue weighted by Crippen LogP contribution is 2.29. The summed E-state index contributed by atoms with van der Waals surface area (Å²) in [6.07, 6.45) is 0.417. The molecule has 8 heteroatoms. The Bertz CT molecular complexity index is 1510. The molecular formula is C30H32ClN5O2. The predicted octanol–water partition coefficient (Wildman–Crippen LogP) is 6.61. The number of halogens is 1. The van der Waals surface area contributed by atoms with E-state index in [1.807, 2.05) is 77.2 Å². The standard InChI is InChI=1S/C30H32ClN5O2/c1-18-8-6-7-9-21(18)28-35-25-15-20(11-12-22(25)27(32-5)36-28)34-29(38)23-14-19(10-13-24(23)31)17-33-26(37)16-30(2,3)4/h6-15H,16-17H2,1-5H3,(H,33,37)(H,34,38)(H,32,35,36). The number of hydrogen-bond acceptors (Lipinski definition) is 5. The van der Waals surface area contributed by atoms with Crippen molar-refractivity contribution in [3.63, 3.8) is 0 Å². The summed E-state index contributed by atoms with van der Waals surface area (Å²) < 4.78 is 0. The van der Waals surface area contributed by atoms with E-state index in [-0.39, 0.29) is 17.2 Å². The smallest absolute Gasteiger partial charge is 0.257 e. The molecule has 1 aromatic heterocycles. The number of hydrogen-bond donors (Lipinski definition) is 3. The van der Waals surface area contributed by atoms with Crippen LogP contribution >= 0.6 is 11.6 Å². The zero-order chi connectivity index (χ0) is 27.4. The monoisotopic (exact) mass is 529 g/mol. The Morgan fingerprint density at radius 1 is 0.974 bits per heavy atom. The van der Waals surface area contributed by atoms with E-state index in [0.29, 0.717) is 46.4 Å². The molecule has 0 atom stereocenters. The highest BCUT2D eigenvalue weighted by atomic mass is 35.5. The lowest BCUT2D eigenvalue weighted by atomic mass is 9.92. The molecular weight excluding hydrogens is 498 g/mol. The van der Waals surface area contributed by atoms with Gasteiger partial charge in [0.1, 0.15) is 5.82 Å². The van der Waals surface area contributed by atoms with Crippen molar-refractivity contribution in [3.8, 4) is 11.4 Å². The molecule has 3 N–H and O–H groups in total. The zero-order valence-electron chi connectivity index (χ0n) is 22.3. The fourth-order valence-electron chi connectivity index (χ4n) is 4.14. The molecule has 4 aromatic rings. The maximum absolute atomic E-state index is 13.2. The van der Waals surface area contributed by atoms with Gasteiger partial charge in [0, 0.05) is 36.7 Å². The quantitative estimate of drug-likeness (QED) is 0.250. The Morgan fingerprint density at radius 3 is 2.45 bits per heavy atom. The van der Waals surface area contributed by atoms with Gasteiger partial charge in [-0.15, -0.1) is 0 Å². The number of anilines is 2. The van der Waals surface area contributed by atoms with Crippen LogP contribution in [0.1, 0.15) is 48.7 Å². The number of benzene rings is 3. The topological polar surface area (TPSA) is 96.0 Å². The summed E-state index contributed by atoms with van der Waals surface area (Å²) in [4.78, 5) is 34.9. The third kappa shape index (κ3) is 6.47. The minimum atomic E-state index is -0.348. The number of fused-ring (bicyclic) bond motifs is 1. The van der Waals surface area contributed by atoms with Crippen LogP contribution in [0, 0.1) is 12.3 Å². The summed E-state index contributed by atoms with van der Waals surface area (Å²) in [5.41, 5.74) is 4.30. The summed E-state index contributed by atoms with van der Waals surface area (Å²) in [6.45, 7) is 8.37. The molecule has 4 rings (SSSR count). The average molecular weight is 530 g/mol. The maximum atomic E-state index is 13.2. The molecule has 0 saturated heterocycles. The van der Waals surface area contributed by atoms with Gasteiger partial charge in [0.2, 0.25) is 5.91 Å². The highest BCUT2D eigenvalue weighted by molar-refractivity contribution is 6.34. The lowest BCUT2D eigenvalue weighted by Gasteiger charge is -2.17. The molecule has 0 spiro atoms. The van der Waals surface area contributed by atoms with Crippen molar-refractivity contribution in [2.45, 2.75) is 40.7 Å². The van der Waals surface area contributed by atoms with Crippen molar-refractivity contribution >= 4 is 45.8 Å². The van der Waals surface area contributed by atoms with Crippen molar-refractivity contribution < 1.29 is 9.59 Å². The Morgan fingerprint density at radius 2 is 1.74 bits per heavy atom. The number of carbonyl (C=O) groups excluding carboxylic acids is 2. The Kier molecular flexibility index (Phi) is 7.97. The van der Waals surface area contributed by atoms with Gasteiger partial charge < -0.3 is 16.0 Å². The van der Waals surface area contributed by atoms with Crippen LogP contribution in [0.25, 0.3) is 22.3 Å². The average Bonchev–Trinajstić information content (AvgIpc) is 2.86. The van der Waals surface area contributed by atoms with Crippen LogP contribution in [-0.2, 0) is 11.3 Å². The minimum Gasteiger partial charge on any atom is -0.373 e. The first kappa shape index (κ1) is 27.1. The van der Waals surface area contributed by atoms with E-state index >= 15 is 0 Å². The van der Waals surface area contributed by atoms with Gasteiger partial charge in [-0.3, -0.25) is 9.59 Å². The van der Waals surface area contributed by atoms with Crippen LogP contribution in [0.2, 0.25) is 5.02 Å². The second-order valence-corrected chi connectivity index (χ2v) is 10.9. The second-order valence-electron chi connectivity index (χ2n) is 10.5. The van der Waals surface area contributed by atoms with Gasteiger partial charge in [-0.2, -0.15) is 0 Å². The normalized spacial score (nSPS) is 11.3. The summed E-state index contributed by atoms with van der Waals surface area (Å²) in [6, 6.07) is 18.6. The molecule has 0 saturated carbocycles. The number of nitrogens with zero attached hydrogens (tertiary/aromatic N) is 2. The molecule has 0 bridgehead atoms. The fraction of sp³-hybridized carbons (Fsp3) is 0.267. The molecule has 0 aliphatic rings. The summed E-state index contributed by atoms with van der Waals surface area (Å²) in [5, 5.41) is 10.2. The van der Waals surface area contributed by atoms with Crippen molar-refractivity contribution in [2.24, 2.45) is 5.41 Å². The van der Waals surface area contributed by atoms with Crippen LogP contribution in [0.5, 0.6) is 0 Å². The van der Waals surface area contributed by atoms with E-state index in [2.05, 4.69) is 16.0 Å². The highest BCUT2D eigenvalue weighted by Gasteiger charge is 2.17. The second kappa shape index (κ2) is 11.2. The van der Waals surface area contributed by atoms with Crippen LogP contribution in [-0.4, -0.2) is 28.8 Å². The number of rotatable bonds is 7. The van der Waals surface area contributed by atoms with Gasteiger partial charge in [0.15, 0.2) is 5.82 Å². The summed E-state index contributed by atoms with van der Waals surface area (Å²) in [7, 11) is 1.82. The van der Waals surface area contributed by atoms with Gasteiger partial charge in [-0.1, -0.05) is 62.7 Å². The molecule has 0 aliphatic heterocycles. The van der Waals surface area contributed by atoms with Gasteiger partial charge >= 0.3 is 0 Å². The van der Waals surface area contributed by atoms with Crippen LogP contribution in [0.15, 0.2) is 60.7 Å². The number of nitrogens with one attached hydrogen (secondary N) is 3. The first-order valence-corrected chi connectivity index (χ1v) is 12.8. The first-order chi connectivity index (χ1) is 18.0. The number of aryl methyl sites for hydroxylation is 1. The molecule has 3 aromatic carbocycles.